The van der Waals surface area contributed by atoms with E-state index in [0.717, 1.165) is 12.8 Å². The van der Waals surface area contributed by atoms with E-state index in [9.17, 15) is 19.8 Å². The predicted octanol–water partition coefficient (Wildman–Crippen LogP) is 1.69. The molecule has 0 aromatic heterocycles. The van der Waals surface area contributed by atoms with E-state index in [1.54, 1.807) is 12.2 Å². The van der Waals surface area contributed by atoms with Gasteiger partial charge in [0.15, 0.2) is 11.4 Å². The molecule has 3 atom stereocenters. The van der Waals surface area contributed by atoms with Crippen molar-refractivity contribution in [2.24, 2.45) is 0 Å². The van der Waals surface area contributed by atoms with Crippen LogP contribution >= 0.6 is 0 Å². The van der Waals surface area contributed by atoms with Crippen LogP contribution in [0.3, 0.4) is 0 Å². The van der Waals surface area contributed by atoms with E-state index in [4.69, 9.17) is 9.84 Å². The largest absolute Gasteiger partial charge is 0.478 e. The molecule has 1 heterocycles. The van der Waals surface area contributed by atoms with Crippen molar-refractivity contribution in [3.05, 3.63) is 47.1 Å². The van der Waals surface area contributed by atoms with E-state index >= 15 is 0 Å². The van der Waals surface area contributed by atoms with Gasteiger partial charge in [-0.05, 0) is 18.9 Å². The number of rotatable bonds is 8. The number of allylic oxidation sites excluding steroid dienone is 4. The quantitative estimate of drug-likeness (QED) is 0.350. The Bertz CT molecular complexity index is 669. The number of epoxide rings is 1. The zero-order valence-electron chi connectivity index (χ0n) is 14.4. The van der Waals surface area contributed by atoms with Crippen molar-refractivity contribution in [2.45, 2.75) is 50.9 Å². The molecule has 2 rings (SSSR count). The summed E-state index contributed by atoms with van der Waals surface area (Å²) in [5.41, 5.74) is -0.655. The molecule has 0 unspecified atom stereocenters. The summed E-state index contributed by atoms with van der Waals surface area (Å²) in [4.78, 5) is 23.8. The third-order valence-electron chi connectivity index (χ3n) is 4.54. The van der Waals surface area contributed by atoms with Gasteiger partial charge in [-0.1, -0.05) is 43.7 Å². The summed E-state index contributed by atoms with van der Waals surface area (Å²) >= 11 is 0. The minimum absolute atomic E-state index is 0.0768. The van der Waals surface area contributed by atoms with Crippen LogP contribution in [0.2, 0.25) is 0 Å². The van der Waals surface area contributed by atoms with Crippen molar-refractivity contribution in [1.82, 2.24) is 0 Å². The molecule has 0 aromatic rings. The highest BCUT2D eigenvalue weighted by Crippen LogP contribution is 2.50. The van der Waals surface area contributed by atoms with E-state index in [2.05, 4.69) is 6.92 Å². The molecule has 0 aromatic carbocycles. The van der Waals surface area contributed by atoms with Crippen LogP contribution in [0.4, 0.5) is 0 Å². The molecule has 6 heteroatoms. The number of carbonyl (C=O) groups excluding carboxylic acids is 1. The Morgan fingerprint density at radius 1 is 1.36 bits per heavy atom. The zero-order valence-corrected chi connectivity index (χ0v) is 14.4. The average molecular weight is 348 g/mol. The number of hydrogen-bond acceptors (Lipinski definition) is 5. The first kappa shape index (κ1) is 19.3. The number of carboxylic acids is 1. The van der Waals surface area contributed by atoms with Gasteiger partial charge in [0.1, 0.15) is 12.2 Å². The fourth-order valence-electron chi connectivity index (χ4n) is 2.91. The minimum atomic E-state index is -1.23. The van der Waals surface area contributed by atoms with Gasteiger partial charge in [-0.15, -0.1) is 0 Å². The van der Waals surface area contributed by atoms with Gasteiger partial charge < -0.3 is 20.1 Å². The molecule has 0 saturated carbocycles. The number of aliphatic carboxylic acids is 1. The standard InChI is InChI=1S/C19H24O6/c1-3-4-5-6-7-8-13-14(11-20)15(21)17-19(25-17,16(13)22)10-9-12(2)18(23)24/h5-9,15,17,20-21H,3-4,10-11H2,1-2H3,(H,23,24)/b6-5+,8-7+,12-9+/t15-,17+,19-/m1/s1. The molecule has 1 aliphatic carbocycles. The van der Waals surface area contributed by atoms with E-state index in [1.807, 2.05) is 12.2 Å². The van der Waals surface area contributed by atoms with E-state index in [1.165, 1.54) is 13.0 Å². The van der Waals surface area contributed by atoms with Gasteiger partial charge >= 0.3 is 5.97 Å². The Morgan fingerprint density at radius 3 is 2.68 bits per heavy atom. The first-order valence-electron chi connectivity index (χ1n) is 8.36. The summed E-state index contributed by atoms with van der Waals surface area (Å²) in [7, 11) is 0. The van der Waals surface area contributed by atoms with Crippen LogP contribution in [-0.2, 0) is 14.3 Å². The zero-order chi connectivity index (χ0) is 18.6. The Morgan fingerprint density at radius 2 is 2.08 bits per heavy atom. The maximum absolute atomic E-state index is 12.8. The van der Waals surface area contributed by atoms with E-state index in [0.29, 0.717) is 0 Å². The summed E-state index contributed by atoms with van der Waals surface area (Å²) in [5.74, 6) is -1.40. The Labute approximate surface area is 146 Å². The number of hydrogen-bond donors (Lipinski definition) is 3. The number of ketones is 1. The number of aliphatic hydroxyl groups excluding tert-OH is 2. The van der Waals surface area contributed by atoms with Gasteiger partial charge in [0.05, 0.1) is 6.61 Å². The normalized spacial score (nSPS) is 29.6. The van der Waals surface area contributed by atoms with Crippen LogP contribution in [-0.4, -0.2) is 51.5 Å². The third kappa shape index (κ3) is 3.81. The van der Waals surface area contributed by atoms with Crippen molar-refractivity contribution in [3.8, 4) is 0 Å². The smallest absolute Gasteiger partial charge is 0.330 e. The Kier molecular flexibility index (Phi) is 6.11. The fourth-order valence-corrected chi connectivity index (χ4v) is 2.91. The fraction of sp³-hybridized carbons (Fsp3) is 0.474. The number of ether oxygens (including phenoxy) is 1. The monoisotopic (exact) mass is 348 g/mol. The van der Waals surface area contributed by atoms with Gasteiger partial charge in [-0.25, -0.2) is 4.79 Å². The van der Waals surface area contributed by atoms with Crippen LogP contribution in [0.25, 0.3) is 0 Å². The highest BCUT2D eigenvalue weighted by Gasteiger charge is 2.67. The number of Topliss-reactive ketones (excluding diaryl/α,β-unsaturated/α-hetero) is 1. The highest BCUT2D eigenvalue weighted by molar-refractivity contribution is 6.08. The lowest BCUT2D eigenvalue weighted by molar-refractivity contribution is -0.132. The van der Waals surface area contributed by atoms with Gasteiger partial charge in [-0.2, -0.15) is 0 Å². The number of aliphatic hydroxyl groups is 2. The van der Waals surface area contributed by atoms with Gasteiger partial charge in [0.25, 0.3) is 0 Å². The van der Waals surface area contributed by atoms with Crippen molar-refractivity contribution in [1.29, 1.82) is 0 Å². The molecule has 1 aliphatic heterocycles. The van der Waals surface area contributed by atoms with Crippen molar-refractivity contribution in [2.75, 3.05) is 6.61 Å². The second kappa shape index (κ2) is 7.91. The topological polar surface area (TPSA) is 107 Å². The predicted molar refractivity (Wildman–Crippen MR) is 91.9 cm³/mol. The van der Waals surface area contributed by atoms with E-state index in [-0.39, 0.29) is 28.9 Å². The molecule has 136 valence electrons. The van der Waals surface area contributed by atoms with Gasteiger partial charge in [0, 0.05) is 17.6 Å². The Hall–Kier alpha value is -2.02. The lowest BCUT2D eigenvalue weighted by Gasteiger charge is -2.23. The van der Waals surface area contributed by atoms with Gasteiger partial charge in [-0.3, -0.25) is 4.79 Å². The van der Waals surface area contributed by atoms with Crippen molar-refractivity contribution in [3.63, 3.8) is 0 Å². The molecule has 6 nitrogen and oxygen atoms in total. The summed E-state index contributed by atoms with van der Waals surface area (Å²) in [6.07, 6.45) is 8.65. The second-order valence-electron chi connectivity index (χ2n) is 6.27. The molecule has 25 heavy (non-hydrogen) atoms. The van der Waals surface area contributed by atoms with Crippen LogP contribution in [0.1, 0.15) is 33.1 Å². The molecule has 1 saturated heterocycles. The van der Waals surface area contributed by atoms with Crippen LogP contribution in [0, 0.1) is 0 Å². The number of carbonyl (C=O) groups is 2. The summed E-state index contributed by atoms with van der Waals surface area (Å²) in [6, 6.07) is 0. The molecule has 3 N–H and O–H groups in total. The molecule has 2 aliphatic rings. The summed E-state index contributed by atoms with van der Waals surface area (Å²) in [5, 5.41) is 28.8. The molecule has 1 fully saturated rings. The first-order chi connectivity index (χ1) is 11.9. The molecular weight excluding hydrogens is 324 g/mol. The van der Waals surface area contributed by atoms with Crippen LogP contribution < -0.4 is 0 Å². The molecule has 0 spiro atoms. The van der Waals surface area contributed by atoms with Gasteiger partial charge in [0.2, 0.25) is 0 Å². The lowest BCUT2D eigenvalue weighted by Crippen LogP contribution is -2.40. The SMILES string of the molecule is CCC/C=C/C=C/C1=C(CO)[C@@H](O)[C@@H]2O[C@]2(C/C=C(\C)C(=O)O)C1=O. The third-order valence-corrected chi connectivity index (χ3v) is 4.54. The van der Waals surface area contributed by atoms with Crippen molar-refractivity contribution >= 4 is 11.8 Å². The number of carboxylic acid groups (broad SMARTS) is 1. The first-order valence-corrected chi connectivity index (χ1v) is 8.36. The second-order valence-corrected chi connectivity index (χ2v) is 6.27. The summed E-state index contributed by atoms with van der Waals surface area (Å²) in [6.45, 7) is 3.06. The van der Waals surface area contributed by atoms with E-state index < -0.39 is 30.4 Å². The molecule has 0 amide bonds. The molecule has 0 bridgehead atoms. The number of unbranched alkanes of at least 4 members (excludes halogenated alkanes) is 1. The highest BCUT2D eigenvalue weighted by atomic mass is 16.6. The Balaban J connectivity index is 2.27. The van der Waals surface area contributed by atoms with Crippen LogP contribution in [0.15, 0.2) is 47.1 Å². The molecular formula is C19H24O6. The summed E-state index contributed by atoms with van der Waals surface area (Å²) < 4.78 is 5.49. The lowest BCUT2D eigenvalue weighted by atomic mass is 9.79. The number of fused-ring (bicyclic) bond motifs is 1. The van der Waals surface area contributed by atoms with Crippen LogP contribution in [0.5, 0.6) is 0 Å². The minimum Gasteiger partial charge on any atom is -0.478 e. The van der Waals surface area contributed by atoms with Crippen molar-refractivity contribution < 1.29 is 29.6 Å². The maximum Gasteiger partial charge on any atom is 0.330 e. The molecule has 0 radical (unpaired) electrons. The maximum atomic E-state index is 12.8. The average Bonchev–Trinajstić information content (AvgIpc) is 3.33.